The van der Waals surface area contributed by atoms with Gasteiger partial charge in [0, 0.05) is 24.8 Å². The van der Waals surface area contributed by atoms with Crippen LogP contribution in [0.1, 0.15) is 46.0 Å². The molecule has 1 aliphatic rings. The standard InChI is InChI=1S/C16H30N2O3S/c1-3-5-7-14(4-2)15(19)16(20)17-22-13-6-8-18-9-11-21-12-10-18/h14H,3-13H2,1-2H3,(H,17,20). The summed E-state index contributed by atoms with van der Waals surface area (Å²) in [5.74, 6) is 0.0344. The average molecular weight is 330 g/mol. The van der Waals surface area contributed by atoms with Gasteiger partial charge in [-0.1, -0.05) is 38.6 Å². The van der Waals surface area contributed by atoms with Crippen molar-refractivity contribution in [3.63, 3.8) is 0 Å². The molecule has 5 nitrogen and oxygen atoms in total. The summed E-state index contributed by atoms with van der Waals surface area (Å²) in [6.07, 6.45) is 4.63. The Bertz CT molecular complexity index is 333. The van der Waals surface area contributed by atoms with Crippen molar-refractivity contribution >= 4 is 23.6 Å². The number of rotatable bonds is 11. The Morgan fingerprint density at radius 1 is 1.23 bits per heavy atom. The summed E-state index contributed by atoms with van der Waals surface area (Å²) in [6, 6.07) is 0. The summed E-state index contributed by atoms with van der Waals surface area (Å²) in [7, 11) is 0. The molecule has 0 aromatic rings. The second-order valence-corrected chi connectivity index (χ2v) is 6.60. The van der Waals surface area contributed by atoms with Crippen LogP contribution < -0.4 is 4.72 Å². The fourth-order valence-corrected chi connectivity index (χ4v) is 3.12. The normalized spacial score (nSPS) is 17.2. The average Bonchev–Trinajstić information content (AvgIpc) is 2.55. The van der Waals surface area contributed by atoms with E-state index in [9.17, 15) is 9.59 Å². The molecule has 1 heterocycles. The molecule has 6 heteroatoms. The highest BCUT2D eigenvalue weighted by Gasteiger charge is 2.23. The van der Waals surface area contributed by atoms with Crippen molar-refractivity contribution in [2.24, 2.45) is 5.92 Å². The SMILES string of the molecule is CCCCC(CC)C(=O)C(=O)NSCCCN1CCOCC1. The van der Waals surface area contributed by atoms with Crippen molar-refractivity contribution in [2.45, 2.75) is 46.0 Å². The molecule has 0 aromatic carbocycles. The third kappa shape index (κ3) is 7.61. The number of amides is 1. The number of unbranched alkanes of at least 4 members (excludes halogenated alkanes) is 1. The van der Waals surface area contributed by atoms with E-state index in [-0.39, 0.29) is 11.7 Å². The number of hydrogen-bond donors (Lipinski definition) is 1. The van der Waals surface area contributed by atoms with Crippen LogP contribution in [0.3, 0.4) is 0 Å². The maximum absolute atomic E-state index is 12.0. The van der Waals surface area contributed by atoms with Gasteiger partial charge in [0.1, 0.15) is 0 Å². The maximum atomic E-state index is 12.0. The highest BCUT2D eigenvalue weighted by Crippen LogP contribution is 2.14. The minimum absolute atomic E-state index is 0.117. The molecular weight excluding hydrogens is 300 g/mol. The summed E-state index contributed by atoms with van der Waals surface area (Å²) in [5, 5.41) is 0. The monoisotopic (exact) mass is 330 g/mol. The topological polar surface area (TPSA) is 58.6 Å². The number of ketones is 1. The number of hydrogen-bond acceptors (Lipinski definition) is 5. The van der Waals surface area contributed by atoms with Crippen molar-refractivity contribution in [1.29, 1.82) is 0 Å². The Morgan fingerprint density at radius 2 is 1.95 bits per heavy atom. The zero-order valence-corrected chi connectivity index (χ0v) is 14.8. The quantitative estimate of drug-likeness (QED) is 0.358. The van der Waals surface area contributed by atoms with E-state index >= 15 is 0 Å². The minimum atomic E-state index is -0.431. The largest absolute Gasteiger partial charge is 0.379 e. The van der Waals surface area contributed by atoms with Gasteiger partial charge in [-0.05, 0) is 25.8 Å². The number of morpholine rings is 1. The van der Waals surface area contributed by atoms with E-state index in [1.807, 2.05) is 6.92 Å². The van der Waals surface area contributed by atoms with Gasteiger partial charge in [0.2, 0.25) is 5.78 Å². The molecule has 1 saturated heterocycles. The van der Waals surface area contributed by atoms with Crippen molar-refractivity contribution in [3.05, 3.63) is 0 Å². The Morgan fingerprint density at radius 3 is 2.59 bits per heavy atom. The molecule has 0 saturated carbocycles. The first kappa shape index (κ1) is 19.5. The van der Waals surface area contributed by atoms with E-state index in [1.165, 1.54) is 11.9 Å². The van der Waals surface area contributed by atoms with Crippen molar-refractivity contribution < 1.29 is 14.3 Å². The molecule has 0 spiro atoms. The van der Waals surface area contributed by atoms with Crippen molar-refractivity contribution in [1.82, 2.24) is 9.62 Å². The predicted molar refractivity (Wildman–Crippen MR) is 90.8 cm³/mol. The second-order valence-electron chi connectivity index (χ2n) is 5.70. The lowest BCUT2D eigenvalue weighted by atomic mass is 9.94. The summed E-state index contributed by atoms with van der Waals surface area (Å²) in [6.45, 7) is 8.70. The molecule has 1 unspecified atom stereocenters. The van der Waals surface area contributed by atoms with Crippen LogP contribution in [0.15, 0.2) is 0 Å². The summed E-state index contributed by atoms with van der Waals surface area (Å²) in [5.41, 5.74) is 0. The van der Waals surface area contributed by atoms with Gasteiger partial charge in [0.25, 0.3) is 5.91 Å². The van der Waals surface area contributed by atoms with E-state index in [2.05, 4.69) is 16.5 Å². The number of nitrogens with zero attached hydrogens (tertiary/aromatic N) is 1. The van der Waals surface area contributed by atoms with E-state index in [4.69, 9.17) is 4.74 Å². The first-order valence-electron chi connectivity index (χ1n) is 8.45. The molecule has 0 bridgehead atoms. The van der Waals surface area contributed by atoms with Gasteiger partial charge < -0.3 is 4.74 Å². The van der Waals surface area contributed by atoms with Crippen LogP contribution in [0.5, 0.6) is 0 Å². The fourth-order valence-electron chi connectivity index (χ4n) is 2.51. The van der Waals surface area contributed by atoms with Crippen LogP contribution >= 0.6 is 11.9 Å². The zero-order chi connectivity index (χ0) is 16.2. The molecule has 1 atom stereocenters. The maximum Gasteiger partial charge on any atom is 0.297 e. The first-order chi connectivity index (χ1) is 10.7. The first-order valence-corrected chi connectivity index (χ1v) is 9.43. The molecule has 1 aliphatic heterocycles. The van der Waals surface area contributed by atoms with Gasteiger partial charge in [0.05, 0.1) is 13.2 Å². The molecule has 1 N–H and O–H groups in total. The molecule has 0 radical (unpaired) electrons. The zero-order valence-electron chi connectivity index (χ0n) is 13.9. The van der Waals surface area contributed by atoms with Gasteiger partial charge in [-0.2, -0.15) is 0 Å². The van der Waals surface area contributed by atoms with Gasteiger partial charge in [-0.15, -0.1) is 0 Å². The lowest BCUT2D eigenvalue weighted by Crippen LogP contribution is -2.37. The number of carbonyl (C=O) groups is 2. The lowest BCUT2D eigenvalue weighted by molar-refractivity contribution is -0.139. The van der Waals surface area contributed by atoms with Gasteiger partial charge in [0.15, 0.2) is 0 Å². The van der Waals surface area contributed by atoms with Crippen LogP contribution in [0.2, 0.25) is 0 Å². The third-order valence-corrected chi connectivity index (χ3v) is 4.81. The van der Waals surface area contributed by atoms with Crippen LogP contribution in [0.25, 0.3) is 0 Å². The molecule has 0 aromatic heterocycles. The molecule has 22 heavy (non-hydrogen) atoms. The van der Waals surface area contributed by atoms with E-state index < -0.39 is 5.91 Å². The highest BCUT2D eigenvalue weighted by molar-refractivity contribution is 7.98. The van der Waals surface area contributed by atoms with Gasteiger partial charge in [-0.25, -0.2) is 0 Å². The molecular formula is C16H30N2O3S. The van der Waals surface area contributed by atoms with Gasteiger partial charge >= 0.3 is 0 Å². The van der Waals surface area contributed by atoms with E-state index in [0.717, 1.165) is 70.7 Å². The van der Waals surface area contributed by atoms with Crippen LogP contribution in [0, 0.1) is 5.92 Å². The van der Waals surface area contributed by atoms with E-state index in [1.54, 1.807) is 0 Å². The van der Waals surface area contributed by atoms with Crippen LogP contribution in [-0.4, -0.2) is 55.2 Å². The molecule has 1 fully saturated rings. The molecule has 1 amide bonds. The molecule has 128 valence electrons. The van der Waals surface area contributed by atoms with Crippen LogP contribution in [0.4, 0.5) is 0 Å². The number of nitrogens with one attached hydrogen (secondary N) is 1. The van der Waals surface area contributed by atoms with Gasteiger partial charge in [-0.3, -0.25) is 19.2 Å². The number of ether oxygens (including phenoxy) is 1. The summed E-state index contributed by atoms with van der Waals surface area (Å²) < 4.78 is 8.00. The van der Waals surface area contributed by atoms with E-state index in [0.29, 0.717) is 0 Å². The van der Waals surface area contributed by atoms with Crippen molar-refractivity contribution in [3.8, 4) is 0 Å². The second kappa shape index (κ2) is 11.9. The minimum Gasteiger partial charge on any atom is -0.379 e. The Labute approximate surface area is 138 Å². The Kier molecular flexibility index (Phi) is 10.5. The predicted octanol–water partition coefficient (Wildman–Crippen LogP) is 2.26. The lowest BCUT2D eigenvalue weighted by Gasteiger charge is -2.26. The molecule has 1 rings (SSSR count). The number of Topliss-reactive ketones (excluding diaryl/α,β-unsaturated/α-hetero) is 1. The smallest absolute Gasteiger partial charge is 0.297 e. The Balaban J connectivity index is 2.11. The number of carbonyl (C=O) groups excluding carboxylic acids is 2. The Hall–Kier alpha value is -0.590. The highest BCUT2D eigenvalue weighted by atomic mass is 32.2. The third-order valence-electron chi connectivity index (χ3n) is 3.98. The van der Waals surface area contributed by atoms with Crippen LogP contribution in [-0.2, 0) is 14.3 Å². The molecule has 0 aliphatic carbocycles. The fraction of sp³-hybridized carbons (Fsp3) is 0.875. The summed E-state index contributed by atoms with van der Waals surface area (Å²) in [4.78, 5) is 26.3. The summed E-state index contributed by atoms with van der Waals surface area (Å²) >= 11 is 1.35. The van der Waals surface area contributed by atoms with Crippen molar-refractivity contribution in [2.75, 3.05) is 38.6 Å².